The van der Waals surface area contributed by atoms with Gasteiger partial charge >= 0.3 is 0 Å². The van der Waals surface area contributed by atoms with Crippen molar-refractivity contribution in [2.75, 3.05) is 26.2 Å². The van der Waals surface area contributed by atoms with E-state index in [1.165, 1.54) is 17.7 Å². The van der Waals surface area contributed by atoms with E-state index in [0.29, 0.717) is 6.04 Å². The number of piperazine rings is 1. The quantitative estimate of drug-likeness (QED) is 0.646. The molecule has 0 bridgehead atoms. The predicted molar refractivity (Wildman–Crippen MR) is 112 cm³/mol. The Balaban J connectivity index is 1.44. The molecule has 0 unspecified atom stereocenters. The normalized spacial score (nSPS) is 18.2. The molecule has 0 amide bonds. The van der Waals surface area contributed by atoms with Gasteiger partial charge in [-0.3, -0.25) is 14.9 Å². The maximum absolute atomic E-state index is 13.6. The maximum atomic E-state index is 13.6. The summed E-state index contributed by atoms with van der Waals surface area (Å²) in [5, 5.41) is 16.8. The second kappa shape index (κ2) is 9.31. The first-order valence-electron chi connectivity index (χ1n) is 10.1. The van der Waals surface area contributed by atoms with Crippen molar-refractivity contribution in [3.05, 3.63) is 77.7 Å². The zero-order valence-corrected chi connectivity index (χ0v) is 16.5. The molecular weight excluding hydrogens is 367 g/mol. The van der Waals surface area contributed by atoms with Crippen LogP contribution in [0.3, 0.4) is 0 Å². The molecule has 1 fully saturated rings. The third kappa shape index (κ3) is 4.90. The molecule has 6 heteroatoms. The second-order valence-corrected chi connectivity index (χ2v) is 7.64. The molecule has 0 saturated carbocycles. The Bertz CT molecular complexity index is 914. The van der Waals surface area contributed by atoms with Gasteiger partial charge in [0.1, 0.15) is 5.82 Å². The van der Waals surface area contributed by atoms with Gasteiger partial charge in [0.15, 0.2) is 0 Å². The molecule has 2 heterocycles. The number of aliphatic hydroxyl groups excluding tert-OH is 1. The van der Waals surface area contributed by atoms with Crippen molar-refractivity contribution in [3.63, 3.8) is 0 Å². The number of benzene rings is 2. The van der Waals surface area contributed by atoms with Gasteiger partial charge in [0, 0.05) is 56.5 Å². The van der Waals surface area contributed by atoms with E-state index in [9.17, 15) is 9.50 Å². The number of nitrogens with zero attached hydrogens (tertiary/aromatic N) is 3. The lowest BCUT2D eigenvalue weighted by Crippen LogP contribution is -2.52. The monoisotopic (exact) mass is 394 g/mol. The first kappa shape index (κ1) is 19.8. The van der Waals surface area contributed by atoms with Crippen molar-refractivity contribution in [1.82, 2.24) is 20.0 Å². The van der Waals surface area contributed by atoms with Crippen LogP contribution in [0.25, 0.3) is 11.3 Å². The minimum atomic E-state index is -0.249. The number of rotatable bonds is 7. The van der Waals surface area contributed by atoms with Gasteiger partial charge < -0.3 is 5.11 Å². The van der Waals surface area contributed by atoms with Crippen LogP contribution < -0.4 is 0 Å². The summed E-state index contributed by atoms with van der Waals surface area (Å²) >= 11 is 0. The molecule has 4 rings (SSSR count). The summed E-state index contributed by atoms with van der Waals surface area (Å²) in [6.07, 6.45) is 2.59. The summed E-state index contributed by atoms with van der Waals surface area (Å²) in [6.45, 7) is 4.63. The van der Waals surface area contributed by atoms with Gasteiger partial charge in [-0.1, -0.05) is 42.5 Å². The number of aromatic nitrogens is 2. The van der Waals surface area contributed by atoms with Crippen LogP contribution in [0.1, 0.15) is 17.5 Å². The summed E-state index contributed by atoms with van der Waals surface area (Å²) in [5.41, 5.74) is 4.05. The summed E-state index contributed by atoms with van der Waals surface area (Å²) < 4.78 is 13.6. The Labute approximate surface area is 170 Å². The van der Waals surface area contributed by atoms with Gasteiger partial charge in [-0.05, 0) is 24.1 Å². The molecule has 1 saturated heterocycles. The van der Waals surface area contributed by atoms with Crippen LogP contribution in [0, 0.1) is 5.82 Å². The molecule has 0 spiro atoms. The van der Waals surface area contributed by atoms with Crippen molar-refractivity contribution in [2.24, 2.45) is 0 Å². The fourth-order valence-corrected chi connectivity index (χ4v) is 4.12. The predicted octanol–water partition coefficient (Wildman–Crippen LogP) is 3.28. The van der Waals surface area contributed by atoms with E-state index >= 15 is 0 Å². The zero-order chi connectivity index (χ0) is 20.1. The van der Waals surface area contributed by atoms with Crippen LogP contribution in [0.5, 0.6) is 0 Å². The number of hydrogen-bond donors (Lipinski definition) is 2. The number of nitrogens with one attached hydrogen (secondary N) is 1. The molecule has 3 aromatic rings. The van der Waals surface area contributed by atoms with E-state index in [0.717, 1.165) is 56.0 Å². The first-order chi connectivity index (χ1) is 14.2. The lowest BCUT2D eigenvalue weighted by molar-refractivity contribution is 0.0500. The van der Waals surface area contributed by atoms with E-state index < -0.39 is 0 Å². The van der Waals surface area contributed by atoms with Gasteiger partial charge in [0.25, 0.3) is 0 Å². The molecule has 5 nitrogen and oxygen atoms in total. The number of halogens is 1. The topological polar surface area (TPSA) is 55.4 Å². The van der Waals surface area contributed by atoms with E-state index in [4.69, 9.17) is 0 Å². The van der Waals surface area contributed by atoms with E-state index in [1.54, 1.807) is 6.07 Å². The smallest absolute Gasteiger partial charge is 0.123 e. The number of aromatic amines is 1. The van der Waals surface area contributed by atoms with Crippen LogP contribution in [-0.2, 0) is 13.1 Å². The molecule has 0 aliphatic carbocycles. The maximum Gasteiger partial charge on any atom is 0.123 e. The van der Waals surface area contributed by atoms with Crippen molar-refractivity contribution >= 4 is 0 Å². The standard InChI is InChI=1S/C23H27FN4O/c24-21-8-4-7-19(13-21)23-20(14-25-26-23)16-27-10-11-28(22(17-27)9-12-29)15-18-5-2-1-3-6-18/h1-8,13-14,22,29H,9-12,15-17H2,(H,25,26)/t22-/m1/s1. The number of hydrogen-bond acceptors (Lipinski definition) is 4. The molecular formula is C23H27FN4O. The molecule has 152 valence electrons. The van der Waals surface area contributed by atoms with E-state index in [2.05, 4.69) is 44.3 Å². The molecule has 1 aromatic heterocycles. The van der Waals surface area contributed by atoms with Crippen LogP contribution in [0.15, 0.2) is 60.8 Å². The van der Waals surface area contributed by atoms with Crippen molar-refractivity contribution in [3.8, 4) is 11.3 Å². The highest BCUT2D eigenvalue weighted by Gasteiger charge is 2.27. The Kier molecular flexibility index (Phi) is 6.34. The zero-order valence-electron chi connectivity index (χ0n) is 16.5. The van der Waals surface area contributed by atoms with Gasteiger partial charge in [-0.2, -0.15) is 5.10 Å². The van der Waals surface area contributed by atoms with Crippen LogP contribution in [0.4, 0.5) is 4.39 Å². The molecule has 2 N–H and O–H groups in total. The molecule has 2 aromatic carbocycles. The fraction of sp³-hybridized carbons (Fsp3) is 0.348. The molecule has 1 atom stereocenters. The van der Waals surface area contributed by atoms with Crippen molar-refractivity contribution < 1.29 is 9.50 Å². The minimum Gasteiger partial charge on any atom is -0.396 e. The van der Waals surface area contributed by atoms with E-state index in [1.807, 2.05) is 18.3 Å². The average Bonchev–Trinajstić information content (AvgIpc) is 3.19. The Morgan fingerprint density at radius 2 is 1.93 bits per heavy atom. The largest absolute Gasteiger partial charge is 0.396 e. The van der Waals surface area contributed by atoms with Crippen molar-refractivity contribution in [1.29, 1.82) is 0 Å². The van der Waals surface area contributed by atoms with Crippen molar-refractivity contribution in [2.45, 2.75) is 25.6 Å². The SMILES string of the molecule is OCC[C@@H]1CN(Cc2cn[nH]c2-c2cccc(F)c2)CCN1Cc1ccccc1. The Morgan fingerprint density at radius 3 is 2.72 bits per heavy atom. The highest BCUT2D eigenvalue weighted by atomic mass is 19.1. The molecule has 1 aliphatic rings. The Morgan fingerprint density at radius 1 is 1.07 bits per heavy atom. The number of H-pyrrole nitrogens is 1. The average molecular weight is 394 g/mol. The van der Waals surface area contributed by atoms with E-state index in [-0.39, 0.29) is 12.4 Å². The summed E-state index contributed by atoms with van der Waals surface area (Å²) in [4.78, 5) is 4.86. The lowest BCUT2D eigenvalue weighted by atomic mass is 10.0. The van der Waals surface area contributed by atoms with Crippen LogP contribution >= 0.6 is 0 Å². The van der Waals surface area contributed by atoms with Gasteiger partial charge in [0.2, 0.25) is 0 Å². The van der Waals surface area contributed by atoms with Crippen LogP contribution in [-0.4, -0.2) is 57.4 Å². The Hall–Kier alpha value is -2.54. The molecule has 29 heavy (non-hydrogen) atoms. The first-order valence-corrected chi connectivity index (χ1v) is 10.1. The number of aliphatic hydroxyl groups is 1. The van der Waals surface area contributed by atoms with Gasteiger partial charge in [-0.15, -0.1) is 0 Å². The lowest BCUT2D eigenvalue weighted by Gasteiger charge is -2.41. The highest BCUT2D eigenvalue weighted by molar-refractivity contribution is 5.62. The minimum absolute atomic E-state index is 0.185. The summed E-state index contributed by atoms with van der Waals surface area (Å²) in [6, 6.07) is 17.4. The van der Waals surface area contributed by atoms with Crippen LogP contribution in [0.2, 0.25) is 0 Å². The molecule has 0 radical (unpaired) electrons. The highest BCUT2D eigenvalue weighted by Crippen LogP contribution is 2.25. The van der Waals surface area contributed by atoms with Gasteiger partial charge in [0.05, 0.1) is 11.9 Å². The summed E-state index contributed by atoms with van der Waals surface area (Å²) in [5.74, 6) is -0.249. The van der Waals surface area contributed by atoms with Gasteiger partial charge in [-0.25, -0.2) is 4.39 Å². The second-order valence-electron chi connectivity index (χ2n) is 7.64. The third-order valence-corrected chi connectivity index (χ3v) is 5.60. The summed E-state index contributed by atoms with van der Waals surface area (Å²) in [7, 11) is 0. The fourth-order valence-electron chi connectivity index (χ4n) is 4.12. The third-order valence-electron chi connectivity index (χ3n) is 5.60. The molecule has 1 aliphatic heterocycles.